The summed E-state index contributed by atoms with van der Waals surface area (Å²) in [6.45, 7) is 0. The van der Waals surface area contributed by atoms with E-state index in [2.05, 4.69) is 4.98 Å². The van der Waals surface area contributed by atoms with Crippen molar-refractivity contribution in [3.8, 4) is 0 Å². The lowest BCUT2D eigenvalue weighted by Crippen LogP contribution is -1.97. The third kappa shape index (κ3) is 3.68. The molecule has 0 atom stereocenters. The fourth-order valence-electron chi connectivity index (χ4n) is 0.734. The molecule has 0 saturated carbocycles. The molecule has 0 spiro atoms. The fraction of sp³-hybridized carbons (Fsp3) is 0.167. The van der Waals surface area contributed by atoms with E-state index in [1.807, 2.05) is 0 Å². The summed E-state index contributed by atoms with van der Waals surface area (Å²) in [7, 11) is 1.42. The third-order valence-corrected chi connectivity index (χ3v) is 2.74. The lowest BCUT2D eigenvalue weighted by molar-refractivity contribution is 0.609. The fourth-order valence-corrected chi connectivity index (χ4v) is 2.18. The van der Waals surface area contributed by atoms with Crippen molar-refractivity contribution < 1.29 is 8.42 Å². The van der Waals surface area contributed by atoms with Gasteiger partial charge in [0.05, 0.1) is 5.75 Å². The topological polar surface area (TPSA) is 47.0 Å². The first-order valence-electron chi connectivity index (χ1n) is 3.12. The van der Waals surface area contributed by atoms with Crippen molar-refractivity contribution >= 4 is 42.9 Å². The Balaban J connectivity index is 3.04. The Labute approximate surface area is 90.1 Å². The standard InChI is InChI=1S/C6H4Cl3NO2S/c7-5-2-1-4(6(8)10-5)3-13(9,11)12/h1-2H,3H2. The second kappa shape index (κ2) is 4.00. The number of nitrogens with zero attached hydrogens (tertiary/aromatic N) is 1. The highest BCUT2D eigenvalue weighted by molar-refractivity contribution is 8.13. The van der Waals surface area contributed by atoms with Gasteiger partial charge < -0.3 is 0 Å². The first kappa shape index (κ1) is 11.0. The largest absolute Gasteiger partial charge is 0.236 e. The van der Waals surface area contributed by atoms with E-state index in [4.69, 9.17) is 33.9 Å². The van der Waals surface area contributed by atoms with Crippen molar-refractivity contribution in [3.05, 3.63) is 28.0 Å². The van der Waals surface area contributed by atoms with Crippen LogP contribution in [0.5, 0.6) is 0 Å². The normalized spacial score (nSPS) is 11.6. The first-order valence-corrected chi connectivity index (χ1v) is 6.35. The highest BCUT2D eigenvalue weighted by Gasteiger charge is 2.11. The van der Waals surface area contributed by atoms with Gasteiger partial charge in [0.15, 0.2) is 0 Å². The van der Waals surface area contributed by atoms with Crippen LogP contribution in [0.3, 0.4) is 0 Å². The molecule has 3 nitrogen and oxygen atoms in total. The minimum absolute atomic E-state index is 0.0525. The van der Waals surface area contributed by atoms with Crippen LogP contribution in [0, 0.1) is 0 Å². The molecule has 1 aromatic rings. The van der Waals surface area contributed by atoms with Crippen molar-refractivity contribution in [2.45, 2.75) is 5.75 Å². The molecule has 0 aliphatic carbocycles. The van der Waals surface area contributed by atoms with Crippen molar-refractivity contribution in [1.29, 1.82) is 0 Å². The summed E-state index contributed by atoms with van der Waals surface area (Å²) < 4.78 is 21.4. The second-order valence-electron chi connectivity index (χ2n) is 2.27. The van der Waals surface area contributed by atoms with Crippen LogP contribution in [0.15, 0.2) is 12.1 Å². The van der Waals surface area contributed by atoms with Gasteiger partial charge in [0.25, 0.3) is 0 Å². The summed E-state index contributed by atoms with van der Waals surface area (Å²) in [5.74, 6) is -0.350. The highest BCUT2D eigenvalue weighted by atomic mass is 35.7. The van der Waals surface area contributed by atoms with E-state index in [1.54, 1.807) is 0 Å². The van der Waals surface area contributed by atoms with Crippen LogP contribution < -0.4 is 0 Å². The molecule has 0 aliphatic heterocycles. The Hall–Kier alpha value is -0.0300. The zero-order valence-corrected chi connectivity index (χ0v) is 9.25. The van der Waals surface area contributed by atoms with E-state index >= 15 is 0 Å². The molecule has 1 heterocycles. The van der Waals surface area contributed by atoms with Crippen LogP contribution in [-0.2, 0) is 14.8 Å². The van der Waals surface area contributed by atoms with Gasteiger partial charge in [-0.15, -0.1) is 0 Å². The number of hydrogen-bond acceptors (Lipinski definition) is 3. The summed E-state index contributed by atoms with van der Waals surface area (Å²) >= 11 is 11.1. The van der Waals surface area contributed by atoms with Crippen molar-refractivity contribution in [2.75, 3.05) is 0 Å². The van der Waals surface area contributed by atoms with E-state index in [-0.39, 0.29) is 16.1 Å². The van der Waals surface area contributed by atoms with Gasteiger partial charge in [0.2, 0.25) is 9.05 Å². The van der Waals surface area contributed by atoms with Gasteiger partial charge in [0.1, 0.15) is 10.3 Å². The summed E-state index contributed by atoms with van der Waals surface area (Å²) in [6, 6.07) is 2.92. The summed E-state index contributed by atoms with van der Waals surface area (Å²) in [6.07, 6.45) is 0. The number of halogens is 3. The van der Waals surface area contributed by atoms with E-state index in [9.17, 15) is 8.42 Å². The molecular weight excluding hydrogens is 256 g/mol. The molecule has 0 N–H and O–H groups in total. The minimum atomic E-state index is -3.61. The Morgan fingerprint density at radius 1 is 1.31 bits per heavy atom. The maximum atomic E-state index is 10.7. The van der Waals surface area contributed by atoms with Crippen molar-refractivity contribution in [2.24, 2.45) is 0 Å². The molecule has 72 valence electrons. The van der Waals surface area contributed by atoms with Gasteiger partial charge in [-0.2, -0.15) is 0 Å². The Morgan fingerprint density at radius 2 is 1.92 bits per heavy atom. The summed E-state index contributed by atoms with van der Waals surface area (Å²) in [4.78, 5) is 3.67. The smallest absolute Gasteiger partial charge is 0.224 e. The van der Waals surface area contributed by atoms with Gasteiger partial charge >= 0.3 is 0 Å². The quantitative estimate of drug-likeness (QED) is 0.606. The monoisotopic (exact) mass is 259 g/mol. The first-order chi connectivity index (χ1) is 5.88. The van der Waals surface area contributed by atoms with Crippen LogP contribution in [0.1, 0.15) is 5.56 Å². The number of hydrogen-bond donors (Lipinski definition) is 0. The lowest BCUT2D eigenvalue weighted by atomic mass is 10.3. The SMILES string of the molecule is O=S(=O)(Cl)Cc1ccc(Cl)nc1Cl. The summed E-state index contributed by atoms with van der Waals surface area (Å²) in [5.41, 5.74) is 0.334. The molecule has 0 aromatic carbocycles. The maximum absolute atomic E-state index is 10.7. The zero-order valence-electron chi connectivity index (χ0n) is 6.17. The second-order valence-corrected chi connectivity index (χ2v) is 5.79. The molecule has 0 unspecified atom stereocenters. The molecule has 0 amide bonds. The number of rotatable bonds is 2. The minimum Gasteiger partial charge on any atom is -0.224 e. The molecule has 0 radical (unpaired) electrons. The predicted molar refractivity (Wildman–Crippen MR) is 52.7 cm³/mol. The average Bonchev–Trinajstić information content (AvgIpc) is 1.93. The van der Waals surface area contributed by atoms with Crippen LogP contribution >= 0.6 is 33.9 Å². The molecule has 0 bridgehead atoms. The third-order valence-electron chi connectivity index (χ3n) is 1.22. The lowest BCUT2D eigenvalue weighted by Gasteiger charge is -2.00. The number of aromatic nitrogens is 1. The van der Waals surface area contributed by atoms with E-state index < -0.39 is 9.05 Å². The van der Waals surface area contributed by atoms with Crippen LogP contribution in [0.2, 0.25) is 10.3 Å². The Kier molecular flexibility index (Phi) is 3.40. The van der Waals surface area contributed by atoms with Gasteiger partial charge in [-0.3, -0.25) is 0 Å². The van der Waals surface area contributed by atoms with Gasteiger partial charge in [-0.1, -0.05) is 29.3 Å². The molecule has 0 fully saturated rings. The molecule has 13 heavy (non-hydrogen) atoms. The predicted octanol–water partition coefficient (Wildman–Crippen LogP) is 2.46. The molecular formula is C6H4Cl3NO2S. The maximum Gasteiger partial charge on any atom is 0.236 e. The molecule has 1 rings (SSSR count). The van der Waals surface area contributed by atoms with E-state index in [0.29, 0.717) is 5.56 Å². The van der Waals surface area contributed by atoms with Crippen molar-refractivity contribution in [3.63, 3.8) is 0 Å². The number of pyridine rings is 1. The van der Waals surface area contributed by atoms with Crippen molar-refractivity contribution in [1.82, 2.24) is 4.98 Å². The van der Waals surface area contributed by atoms with Gasteiger partial charge in [-0.05, 0) is 6.07 Å². The molecule has 7 heteroatoms. The van der Waals surface area contributed by atoms with Gasteiger partial charge in [0, 0.05) is 16.2 Å². The van der Waals surface area contributed by atoms with Crippen LogP contribution in [0.4, 0.5) is 0 Å². The zero-order chi connectivity index (χ0) is 10.1. The molecule has 0 aliphatic rings. The highest BCUT2D eigenvalue weighted by Crippen LogP contribution is 2.19. The van der Waals surface area contributed by atoms with Crippen LogP contribution in [0.25, 0.3) is 0 Å². The average molecular weight is 261 g/mol. The Bertz CT molecular complexity index is 418. The van der Waals surface area contributed by atoms with Crippen LogP contribution in [-0.4, -0.2) is 13.4 Å². The molecule has 1 aromatic heterocycles. The summed E-state index contributed by atoms with van der Waals surface area (Å²) in [5, 5.41) is 0.262. The van der Waals surface area contributed by atoms with Gasteiger partial charge in [-0.25, -0.2) is 13.4 Å². The Morgan fingerprint density at radius 3 is 2.38 bits per heavy atom. The molecule has 0 saturated heterocycles. The van der Waals surface area contributed by atoms with E-state index in [0.717, 1.165) is 0 Å². The van der Waals surface area contributed by atoms with E-state index in [1.165, 1.54) is 12.1 Å².